The number of halogens is 3. The van der Waals surface area contributed by atoms with E-state index in [-0.39, 0.29) is 17.7 Å². The zero-order valence-corrected chi connectivity index (χ0v) is 16.4. The number of hydrogen-bond acceptors (Lipinski definition) is 3. The van der Waals surface area contributed by atoms with E-state index in [1.54, 1.807) is 0 Å². The summed E-state index contributed by atoms with van der Waals surface area (Å²) in [4.78, 5) is 12.5. The van der Waals surface area contributed by atoms with Crippen LogP contribution in [0, 0.1) is 11.8 Å². The number of anilines is 1. The number of nitrogens with zero attached hydrogens (tertiary/aromatic N) is 1. The second-order valence-electron chi connectivity index (χ2n) is 7.58. The van der Waals surface area contributed by atoms with Gasteiger partial charge < -0.3 is 5.32 Å². The van der Waals surface area contributed by atoms with Crippen LogP contribution in [-0.2, 0) is 14.8 Å². The summed E-state index contributed by atoms with van der Waals surface area (Å²) in [7, 11) is -3.56. The van der Waals surface area contributed by atoms with Gasteiger partial charge in [-0.05, 0) is 56.4 Å². The molecule has 1 saturated carbocycles. The first-order valence-electron chi connectivity index (χ1n) is 9.66. The Kier molecular flexibility index (Phi) is 6.34. The molecule has 1 heterocycles. The molecule has 1 aromatic rings. The molecule has 3 rings (SSSR count). The Morgan fingerprint density at radius 1 is 1.00 bits per heavy atom. The third-order valence-electron chi connectivity index (χ3n) is 5.58. The molecule has 2 aliphatic rings. The van der Waals surface area contributed by atoms with Gasteiger partial charge >= 0.3 is 6.18 Å². The van der Waals surface area contributed by atoms with Gasteiger partial charge in [-0.25, -0.2) is 8.42 Å². The van der Waals surface area contributed by atoms with E-state index in [1.807, 2.05) is 0 Å². The first kappa shape index (κ1) is 21.1. The summed E-state index contributed by atoms with van der Waals surface area (Å²) in [6.07, 6.45) is -0.902. The van der Waals surface area contributed by atoms with E-state index in [0.717, 1.165) is 19.3 Å². The Balaban J connectivity index is 1.63. The molecule has 2 fully saturated rings. The van der Waals surface area contributed by atoms with Crippen molar-refractivity contribution in [3.8, 4) is 0 Å². The fraction of sp³-hybridized carbons (Fsp3) is 0.632. The highest BCUT2D eigenvalue weighted by Gasteiger charge is 2.43. The molecule has 0 unspecified atom stereocenters. The standard InChI is InChI=1S/C19H25F3N2O3S/c20-19(21,22)15-6-4-5-14(13-15)18(25)23-16-7-9-17(10-8-16)28(26,27)24-11-2-1-3-12-24/h7-10,14-15H,1-6,11-13H2,(H,23,25)/t14-,15-/m1/s1. The quantitative estimate of drug-likeness (QED) is 0.798. The van der Waals surface area contributed by atoms with E-state index in [9.17, 15) is 26.4 Å². The topological polar surface area (TPSA) is 66.5 Å². The van der Waals surface area contributed by atoms with Crippen molar-refractivity contribution >= 4 is 21.6 Å². The maximum atomic E-state index is 12.9. The maximum absolute atomic E-state index is 12.9. The Hall–Kier alpha value is -1.61. The van der Waals surface area contributed by atoms with Crippen LogP contribution in [0.1, 0.15) is 44.9 Å². The Bertz CT molecular complexity index is 788. The molecule has 1 amide bonds. The maximum Gasteiger partial charge on any atom is 0.391 e. The van der Waals surface area contributed by atoms with Crippen LogP contribution in [0.3, 0.4) is 0 Å². The predicted molar refractivity (Wildman–Crippen MR) is 99.2 cm³/mol. The van der Waals surface area contributed by atoms with E-state index in [0.29, 0.717) is 31.6 Å². The summed E-state index contributed by atoms with van der Waals surface area (Å²) < 4.78 is 65.5. The largest absolute Gasteiger partial charge is 0.391 e. The summed E-state index contributed by atoms with van der Waals surface area (Å²) in [6.45, 7) is 1.01. The van der Waals surface area contributed by atoms with Gasteiger partial charge in [0.25, 0.3) is 0 Å². The number of rotatable bonds is 4. The van der Waals surface area contributed by atoms with Crippen LogP contribution in [0.5, 0.6) is 0 Å². The molecule has 1 saturated heterocycles. The lowest BCUT2D eigenvalue weighted by atomic mass is 9.80. The van der Waals surface area contributed by atoms with Gasteiger partial charge in [-0.2, -0.15) is 17.5 Å². The van der Waals surface area contributed by atoms with Crippen molar-refractivity contribution in [1.82, 2.24) is 4.31 Å². The van der Waals surface area contributed by atoms with Crippen LogP contribution >= 0.6 is 0 Å². The molecule has 0 radical (unpaired) electrons. The summed E-state index contributed by atoms with van der Waals surface area (Å²) in [5, 5.41) is 2.63. The lowest BCUT2D eigenvalue weighted by Gasteiger charge is -2.29. The molecule has 1 N–H and O–H groups in total. The van der Waals surface area contributed by atoms with E-state index < -0.39 is 33.9 Å². The Morgan fingerprint density at radius 2 is 1.64 bits per heavy atom. The number of amides is 1. The molecule has 9 heteroatoms. The summed E-state index contributed by atoms with van der Waals surface area (Å²) in [5.41, 5.74) is 0.386. The molecule has 1 aliphatic carbocycles. The number of carbonyl (C=O) groups excluding carboxylic acids is 1. The smallest absolute Gasteiger partial charge is 0.326 e. The van der Waals surface area contributed by atoms with Crippen molar-refractivity contribution in [3.63, 3.8) is 0 Å². The SMILES string of the molecule is O=C(Nc1ccc(S(=O)(=O)N2CCCCC2)cc1)[C@@H]1CCC[C@@H](C(F)(F)F)C1. The van der Waals surface area contributed by atoms with Crippen molar-refractivity contribution < 1.29 is 26.4 Å². The minimum atomic E-state index is -4.27. The summed E-state index contributed by atoms with van der Waals surface area (Å²) >= 11 is 0. The van der Waals surface area contributed by atoms with Crippen LogP contribution in [0.2, 0.25) is 0 Å². The van der Waals surface area contributed by atoms with Gasteiger partial charge in [-0.15, -0.1) is 0 Å². The molecule has 1 aliphatic heterocycles. The Labute approximate surface area is 163 Å². The third-order valence-corrected chi connectivity index (χ3v) is 7.50. The van der Waals surface area contributed by atoms with Crippen molar-refractivity contribution in [2.75, 3.05) is 18.4 Å². The number of sulfonamides is 1. The fourth-order valence-electron chi connectivity index (χ4n) is 3.93. The predicted octanol–water partition coefficient (Wildman–Crippen LogP) is 4.17. The number of alkyl halides is 3. The van der Waals surface area contributed by atoms with E-state index in [4.69, 9.17) is 0 Å². The van der Waals surface area contributed by atoms with Gasteiger partial charge in [0.05, 0.1) is 10.8 Å². The zero-order chi connectivity index (χ0) is 20.4. The third kappa shape index (κ3) is 4.86. The van der Waals surface area contributed by atoms with Gasteiger partial charge in [-0.1, -0.05) is 12.8 Å². The summed E-state index contributed by atoms with van der Waals surface area (Å²) in [6, 6.07) is 5.83. The minimum Gasteiger partial charge on any atom is -0.326 e. The molecular weight excluding hydrogens is 393 g/mol. The van der Waals surface area contributed by atoms with Crippen LogP contribution in [0.25, 0.3) is 0 Å². The van der Waals surface area contributed by atoms with Crippen LogP contribution < -0.4 is 5.32 Å². The van der Waals surface area contributed by atoms with Gasteiger partial charge in [0, 0.05) is 24.7 Å². The number of piperidine rings is 1. The molecule has 2 atom stereocenters. The summed E-state index contributed by atoms with van der Waals surface area (Å²) in [5.74, 6) is -2.56. The molecule has 28 heavy (non-hydrogen) atoms. The number of hydrogen-bond donors (Lipinski definition) is 1. The first-order chi connectivity index (χ1) is 13.2. The molecule has 5 nitrogen and oxygen atoms in total. The highest BCUT2D eigenvalue weighted by molar-refractivity contribution is 7.89. The molecule has 0 spiro atoms. The highest BCUT2D eigenvalue weighted by Crippen LogP contribution is 2.40. The zero-order valence-electron chi connectivity index (χ0n) is 15.5. The lowest BCUT2D eigenvalue weighted by molar-refractivity contribution is -0.185. The molecular formula is C19H25F3N2O3S. The lowest BCUT2D eigenvalue weighted by Crippen LogP contribution is -2.35. The van der Waals surface area contributed by atoms with E-state index >= 15 is 0 Å². The fourth-order valence-corrected chi connectivity index (χ4v) is 5.45. The Morgan fingerprint density at radius 3 is 2.25 bits per heavy atom. The normalized spacial score (nSPS) is 24.7. The first-order valence-corrected chi connectivity index (χ1v) is 11.1. The average molecular weight is 418 g/mol. The average Bonchev–Trinajstić information content (AvgIpc) is 2.68. The van der Waals surface area contributed by atoms with Crippen molar-refractivity contribution in [2.45, 2.75) is 56.0 Å². The number of benzene rings is 1. The van der Waals surface area contributed by atoms with E-state index in [2.05, 4.69) is 5.32 Å². The van der Waals surface area contributed by atoms with Gasteiger partial charge in [0.15, 0.2) is 0 Å². The van der Waals surface area contributed by atoms with Gasteiger partial charge in [0.1, 0.15) is 0 Å². The second-order valence-corrected chi connectivity index (χ2v) is 9.52. The number of nitrogens with one attached hydrogen (secondary N) is 1. The molecule has 1 aromatic carbocycles. The van der Waals surface area contributed by atoms with Crippen molar-refractivity contribution in [3.05, 3.63) is 24.3 Å². The van der Waals surface area contributed by atoms with Crippen LogP contribution in [0.4, 0.5) is 18.9 Å². The molecule has 156 valence electrons. The van der Waals surface area contributed by atoms with Gasteiger partial charge in [0.2, 0.25) is 15.9 Å². The van der Waals surface area contributed by atoms with E-state index in [1.165, 1.54) is 28.6 Å². The molecule has 0 aromatic heterocycles. The molecule has 0 bridgehead atoms. The minimum absolute atomic E-state index is 0.0658. The highest BCUT2D eigenvalue weighted by atomic mass is 32.2. The van der Waals surface area contributed by atoms with Crippen LogP contribution in [-0.4, -0.2) is 37.9 Å². The number of carbonyl (C=O) groups is 1. The van der Waals surface area contributed by atoms with Gasteiger partial charge in [-0.3, -0.25) is 4.79 Å². The second kappa shape index (κ2) is 8.41. The van der Waals surface area contributed by atoms with Crippen molar-refractivity contribution in [1.29, 1.82) is 0 Å². The van der Waals surface area contributed by atoms with Crippen molar-refractivity contribution in [2.24, 2.45) is 11.8 Å². The monoisotopic (exact) mass is 418 g/mol. The van der Waals surface area contributed by atoms with Crippen LogP contribution in [0.15, 0.2) is 29.2 Å².